The molecule has 1 heterocycles. The van der Waals surface area contributed by atoms with Gasteiger partial charge in [-0.25, -0.2) is 0 Å². The van der Waals surface area contributed by atoms with E-state index in [2.05, 4.69) is 30.7 Å². The standard InChI is InChI=1S/C16H32N2O/c1-16(2)8-6-7-14(15(16)19)13-17(3)11-12-18-9-4-5-10-18/h14-15,19H,4-13H2,1-3H3. The van der Waals surface area contributed by atoms with E-state index >= 15 is 0 Å². The van der Waals surface area contributed by atoms with E-state index in [0.29, 0.717) is 5.92 Å². The molecule has 1 aliphatic heterocycles. The summed E-state index contributed by atoms with van der Waals surface area (Å²) in [4.78, 5) is 4.99. The smallest absolute Gasteiger partial charge is 0.0631 e. The molecule has 1 saturated heterocycles. The third kappa shape index (κ3) is 4.17. The number of hydrogen-bond acceptors (Lipinski definition) is 3. The van der Waals surface area contributed by atoms with Crippen molar-refractivity contribution in [3.8, 4) is 0 Å². The average Bonchev–Trinajstić information content (AvgIpc) is 2.85. The average molecular weight is 268 g/mol. The number of likely N-dealkylation sites (N-methyl/N-ethyl adjacent to an activating group) is 1. The van der Waals surface area contributed by atoms with Crippen LogP contribution in [0.25, 0.3) is 0 Å². The minimum Gasteiger partial charge on any atom is -0.392 e. The second-order valence-electron chi connectivity index (χ2n) is 7.40. The molecule has 0 amide bonds. The number of nitrogens with zero attached hydrogens (tertiary/aromatic N) is 2. The lowest BCUT2D eigenvalue weighted by atomic mass is 9.69. The first-order valence-electron chi connectivity index (χ1n) is 8.08. The fourth-order valence-electron chi connectivity index (χ4n) is 3.76. The van der Waals surface area contributed by atoms with Crippen molar-refractivity contribution in [3.63, 3.8) is 0 Å². The van der Waals surface area contributed by atoms with Gasteiger partial charge in [0.25, 0.3) is 0 Å². The Hall–Kier alpha value is -0.120. The van der Waals surface area contributed by atoms with Crippen LogP contribution in [0.1, 0.15) is 46.0 Å². The zero-order valence-corrected chi connectivity index (χ0v) is 13.1. The van der Waals surface area contributed by atoms with Crippen LogP contribution in [0.2, 0.25) is 0 Å². The number of aliphatic hydroxyl groups excluding tert-OH is 1. The third-order valence-electron chi connectivity index (χ3n) is 5.19. The van der Waals surface area contributed by atoms with E-state index in [1.807, 2.05) is 0 Å². The van der Waals surface area contributed by atoms with Crippen molar-refractivity contribution in [1.29, 1.82) is 0 Å². The second-order valence-corrected chi connectivity index (χ2v) is 7.40. The van der Waals surface area contributed by atoms with Gasteiger partial charge in [0.15, 0.2) is 0 Å². The lowest BCUT2D eigenvalue weighted by molar-refractivity contribution is -0.0411. The van der Waals surface area contributed by atoms with Gasteiger partial charge in [-0.3, -0.25) is 0 Å². The van der Waals surface area contributed by atoms with Gasteiger partial charge in [0.05, 0.1) is 6.10 Å². The molecule has 2 fully saturated rings. The Morgan fingerprint density at radius 2 is 1.89 bits per heavy atom. The Labute approximate surface area is 119 Å². The summed E-state index contributed by atoms with van der Waals surface area (Å²) < 4.78 is 0. The fourth-order valence-corrected chi connectivity index (χ4v) is 3.76. The first-order chi connectivity index (χ1) is 8.99. The first kappa shape index (κ1) is 15.3. The molecule has 0 aromatic carbocycles. The van der Waals surface area contributed by atoms with E-state index < -0.39 is 0 Å². The van der Waals surface area contributed by atoms with Crippen molar-refractivity contribution in [1.82, 2.24) is 9.80 Å². The van der Waals surface area contributed by atoms with Gasteiger partial charge in [0.1, 0.15) is 0 Å². The maximum Gasteiger partial charge on any atom is 0.0631 e. The van der Waals surface area contributed by atoms with E-state index in [1.165, 1.54) is 51.7 Å². The molecule has 0 radical (unpaired) electrons. The molecule has 19 heavy (non-hydrogen) atoms. The Balaban J connectivity index is 1.73. The van der Waals surface area contributed by atoms with Crippen molar-refractivity contribution >= 4 is 0 Å². The number of hydrogen-bond donors (Lipinski definition) is 1. The van der Waals surface area contributed by atoms with Gasteiger partial charge in [-0.15, -0.1) is 0 Å². The van der Waals surface area contributed by atoms with Gasteiger partial charge in [-0.1, -0.05) is 20.3 Å². The van der Waals surface area contributed by atoms with Crippen molar-refractivity contribution in [2.24, 2.45) is 11.3 Å². The number of aliphatic hydroxyl groups is 1. The van der Waals surface area contributed by atoms with E-state index in [1.54, 1.807) is 0 Å². The van der Waals surface area contributed by atoms with Crippen molar-refractivity contribution < 1.29 is 5.11 Å². The maximum atomic E-state index is 10.5. The molecule has 112 valence electrons. The Kier molecular flexibility index (Phi) is 5.27. The molecule has 0 aromatic rings. The van der Waals surface area contributed by atoms with Crippen LogP contribution >= 0.6 is 0 Å². The lowest BCUT2D eigenvalue weighted by Gasteiger charge is -2.42. The molecule has 0 aromatic heterocycles. The summed E-state index contributed by atoms with van der Waals surface area (Å²) in [5, 5.41) is 10.5. The number of rotatable bonds is 5. The normalized spacial score (nSPS) is 32.1. The predicted octanol–water partition coefficient (Wildman–Crippen LogP) is 2.20. The summed E-state index contributed by atoms with van der Waals surface area (Å²) in [6.45, 7) is 10.4. The summed E-state index contributed by atoms with van der Waals surface area (Å²) in [6.07, 6.45) is 6.25. The van der Waals surface area contributed by atoms with E-state index in [4.69, 9.17) is 0 Å². The largest absolute Gasteiger partial charge is 0.392 e. The highest BCUT2D eigenvalue weighted by Crippen LogP contribution is 2.39. The van der Waals surface area contributed by atoms with Crippen LogP contribution in [-0.4, -0.2) is 60.8 Å². The quantitative estimate of drug-likeness (QED) is 0.828. The highest BCUT2D eigenvalue weighted by atomic mass is 16.3. The Bertz CT molecular complexity index is 274. The molecule has 2 atom stereocenters. The number of likely N-dealkylation sites (tertiary alicyclic amines) is 1. The van der Waals surface area contributed by atoms with Gasteiger partial charge < -0.3 is 14.9 Å². The molecular formula is C16H32N2O. The van der Waals surface area contributed by atoms with Crippen LogP contribution < -0.4 is 0 Å². The molecule has 2 aliphatic rings. The van der Waals surface area contributed by atoms with E-state index in [0.717, 1.165) is 13.1 Å². The van der Waals surface area contributed by atoms with Crippen LogP contribution in [0, 0.1) is 11.3 Å². The Morgan fingerprint density at radius 1 is 1.21 bits per heavy atom. The molecule has 3 nitrogen and oxygen atoms in total. The highest BCUT2D eigenvalue weighted by molar-refractivity contribution is 4.89. The second kappa shape index (κ2) is 6.55. The molecule has 0 bridgehead atoms. The highest BCUT2D eigenvalue weighted by Gasteiger charge is 2.37. The fraction of sp³-hybridized carbons (Fsp3) is 1.00. The monoisotopic (exact) mass is 268 g/mol. The van der Waals surface area contributed by atoms with Crippen molar-refractivity contribution in [3.05, 3.63) is 0 Å². The Morgan fingerprint density at radius 3 is 2.58 bits per heavy atom. The van der Waals surface area contributed by atoms with Crippen LogP contribution in [0.15, 0.2) is 0 Å². The first-order valence-corrected chi connectivity index (χ1v) is 8.08. The molecule has 2 unspecified atom stereocenters. The van der Waals surface area contributed by atoms with E-state index in [-0.39, 0.29) is 11.5 Å². The van der Waals surface area contributed by atoms with Crippen molar-refractivity contribution in [2.45, 2.75) is 52.1 Å². The molecule has 1 saturated carbocycles. The zero-order chi connectivity index (χ0) is 13.9. The summed E-state index contributed by atoms with van der Waals surface area (Å²) in [5.74, 6) is 0.465. The summed E-state index contributed by atoms with van der Waals surface area (Å²) >= 11 is 0. The SMILES string of the molecule is CN(CCN1CCCC1)CC1CCCC(C)(C)C1O. The lowest BCUT2D eigenvalue weighted by Crippen LogP contribution is -2.45. The van der Waals surface area contributed by atoms with Gasteiger partial charge in [-0.2, -0.15) is 0 Å². The third-order valence-corrected chi connectivity index (χ3v) is 5.19. The van der Waals surface area contributed by atoms with Crippen LogP contribution in [0.4, 0.5) is 0 Å². The molecule has 2 rings (SSSR count). The van der Waals surface area contributed by atoms with Gasteiger partial charge in [0, 0.05) is 19.6 Å². The summed E-state index contributed by atoms with van der Waals surface area (Å²) in [7, 11) is 2.21. The van der Waals surface area contributed by atoms with Crippen LogP contribution in [-0.2, 0) is 0 Å². The maximum absolute atomic E-state index is 10.5. The molecule has 0 spiro atoms. The van der Waals surface area contributed by atoms with Crippen LogP contribution in [0.3, 0.4) is 0 Å². The van der Waals surface area contributed by atoms with Crippen molar-refractivity contribution in [2.75, 3.05) is 39.8 Å². The minimum atomic E-state index is -0.129. The topological polar surface area (TPSA) is 26.7 Å². The van der Waals surface area contributed by atoms with Gasteiger partial charge in [-0.05, 0) is 57.2 Å². The van der Waals surface area contributed by atoms with E-state index in [9.17, 15) is 5.11 Å². The molecule has 3 heteroatoms. The predicted molar refractivity (Wildman–Crippen MR) is 80.3 cm³/mol. The van der Waals surface area contributed by atoms with Gasteiger partial charge in [0.2, 0.25) is 0 Å². The minimum absolute atomic E-state index is 0.110. The van der Waals surface area contributed by atoms with Gasteiger partial charge >= 0.3 is 0 Å². The van der Waals surface area contributed by atoms with Crippen LogP contribution in [0.5, 0.6) is 0 Å². The molecule has 1 N–H and O–H groups in total. The zero-order valence-electron chi connectivity index (χ0n) is 13.1. The summed E-state index contributed by atoms with van der Waals surface area (Å²) in [6, 6.07) is 0. The molecule has 1 aliphatic carbocycles. The molecular weight excluding hydrogens is 236 g/mol. The summed E-state index contributed by atoms with van der Waals surface area (Å²) in [5.41, 5.74) is 0.110.